The Morgan fingerprint density at radius 2 is 1.64 bits per heavy atom. The number of thiazole rings is 1. The van der Waals surface area contributed by atoms with Gasteiger partial charge in [0.1, 0.15) is 5.01 Å². The molecule has 2 aromatic rings. The fourth-order valence-corrected chi connectivity index (χ4v) is 3.54. The molecule has 0 aliphatic heterocycles. The summed E-state index contributed by atoms with van der Waals surface area (Å²) in [5.41, 5.74) is 14.3. The maximum absolute atomic E-state index is 12.1. The summed E-state index contributed by atoms with van der Waals surface area (Å²) in [6.07, 6.45) is 4.64. The van der Waals surface area contributed by atoms with Crippen LogP contribution in [-0.2, 0) is 12.8 Å². The van der Waals surface area contributed by atoms with Crippen molar-refractivity contribution in [3.05, 3.63) is 39.9 Å². The number of benzene rings is 1. The molecule has 4 N–H and O–H groups in total. The number of nitrogens with zero attached hydrogens (tertiary/aromatic N) is 1. The van der Waals surface area contributed by atoms with Crippen molar-refractivity contribution >= 4 is 48.0 Å². The zero-order valence-corrected chi connectivity index (χ0v) is 16.7. The SMILES string of the molecule is CCCc1c(C(N)=O)cc(-c2nccs2)c(CCC)c1C(N)=O.Cl.Cl. The van der Waals surface area contributed by atoms with Crippen molar-refractivity contribution in [1.82, 2.24) is 4.98 Å². The quantitative estimate of drug-likeness (QED) is 0.735. The van der Waals surface area contributed by atoms with Crippen LogP contribution in [0.5, 0.6) is 0 Å². The van der Waals surface area contributed by atoms with Gasteiger partial charge in [-0.25, -0.2) is 4.98 Å². The second kappa shape index (κ2) is 10.4. The van der Waals surface area contributed by atoms with Gasteiger partial charge < -0.3 is 11.5 Å². The maximum Gasteiger partial charge on any atom is 0.249 e. The lowest BCUT2D eigenvalue weighted by Gasteiger charge is -2.18. The van der Waals surface area contributed by atoms with Gasteiger partial charge >= 0.3 is 0 Å². The van der Waals surface area contributed by atoms with Gasteiger partial charge in [-0.05, 0) is 30.0 Å². The fourth-order valence-electron chi connectivity index (χ4n) is 2.85. The number of amides is 2. The van der Waals surface area contributed by atoms with Gasteiger partial charge in [0.05, 0.1) is 0 Å². The average Bonchev–Trinajstić information content (AvgIpc) is 3.01. The lowest BCUT2D eigenvalue weighted by Crippen LogP contribution is -2.23. The molecule has 2 amide bonds. The molecule has 5 nitrogen and oxygen atoms in total. The van der Waals surface area contributed by atoms with Crippen molar-refractivity contribution in [2.75, 3.05) is 0 Å². The molecule has 8 heteroatoms. The summed E-state index contributed by atoms with van der Waals surface area (Å²) in [4.78, 5) is 28.4. The minimum Gasteiger partial charge on any atom is -0.366 e. The van der Waals surface area contributed by atoms with Crippen LogP contribution < -0.4 is 11.5 Å². The van der Waals surface area contributed by atoms with Crippen molar-refractivity contribution in [3.8, 4) is 10.6 Å². The van der Waals surface area contributed by atoms with Crippen LogP contribution >= 0.6 is 36.2 Å². The lowest BCUT2D eigenvalue weighted by molar-refractivity contribution is 0.0998. The molecule has 0 radical (unpaired) electrons. The molecular weight excluding hydrogens is 381 g/mol. The predicted molar refractivity (Wildman–Crippen MR) is 107 cm³/mol. The molecule has 1 aromatic heterocycles. The van der Waals surface area contributed by atoms with Crippen molar-refractivity contribution in [2.45, 2.75) is 39.5 Å². The topological polar surface area (TPSA) is 99.1 Å². The zero-order valence-electron chi connectivity index (χ0n) is 14.2. The maximum atomic E-state index is 12.1. The minimum absolute atomic E-state index is 0. The summed E-state index contributed by atoms with van der Waals surface area (Å²) in [7, 11) is 0. The number of halogens is 2. The van der Waals surface area contributed by atoms with Crippen molar-refractivity contribution in [3.63, 3.8) is 0 Å². The van der Waals surface area contributed by atoms with Crippen LogP contribution in [0.3, 0.4) is 0 Å². The summed E-state index contributed by atoms with van der Waals surface area (Å²) in [5.74, 6) is -1.06. The molecule has 138 valence electrons. The summed E-state index contributed by atoms with van der Waals surface area (Å²) >= 11 is 1.46. The highest BCUT2D eigenvalue weighted by molar-refractivity contribution is 7.13. The van der Waals surface area contributed by atoms with Gasteiger partial charge in [-0.15, -0.1) is 36.2 Å². The molecule has 0 saturated heterocycles. The Labute approximate surface area is 164 Å². The molecule has 0 bridgehead atoms. The van der Waals surface area contributed by atoms with Crippen molar-refractivity contribution < 1.29 is 9.59 Å². The molecule has 0 aliphatic carbocycles. The van der Waals surface area contributed by atoms with Gasteiger partial charge in [-0.2, -0.15) is 0 Å². The van der Waals surface area contributed by atoms with E-state index in [1.165, 1.54) is 11.3 Å². The highest BCUT2D eigenvalue weighted by Crippen LogP contribution is 2.34. The zero-order chi connectivity index (χ0) is 17.0. The number of nitrogens with two attached hydrogens (primary N) is 2. The third-order valence-corrected chi connectivity index (χ3v) is 4.52. The van der Waals surface area contributed by atoms with E-state index >= 15 is 0 Å². The largest absolute Gasteiger partial charge is 0.366 e. The standard InChI is InChI=1S/C17H21N3O2S.2ClH/c1-3-5-10-12(15(18)21)9-13(17-20-7-8-23-17)11(6-4-2)14(10)16(19)22;;/h7-9H,3-6H2,1-2H3,(H2,18,21)(H2,19,22);2*1H. The predicted octanol–water partition coefficient (Wildman–Crippen LogP) is 3.76. The van der Waals surface area contributed by atoms with Gasteiger partial charge in [-0.1, -0.05) is 26.7 Å². The average molecular weight is 404 g/mol. The third-order valence-electron chi connectivity index (χ3n) is 3.72. The van der Waals surface area contributed by atoms with E-state index in [4.69, 9.17) is 11.5 Å². The summed E-state index contributed by atoms with van der Waals surface area (Å²) in [5, 5.41) is 2.63. The van der Waals surface area contributed by atoms with E-state index in [0.29, 0.717) is 29.5 Å². The Balaban J connectivity index is 0.00000288. The molecule has 25 heavy (non-hydrogen) atoms. The van der Waals surface area contributed by atoms with Crippen molar-refractivity contribution in [1.29, 1.82) is 0 Å². The second-order valence-electron chi connectivity index (χ2n) is 5.37. The summed E-state index contributed by atoms with van der Waals surface area (Å²) < 4.78 is 0. The second-order valence-corrected chi connectivity index (χ2v) is 6.26. The summed E-state index contributed by atoms with van der Waals surface area (Å²) in [6.45, 7) is 4.03. The van der Waals surface area contributed by atoms with Gasteiger partial charge in [0, 0.05) is 28.3 Å². The third kappa shape index (κ3) is 4.93. The van der Waals surface area contributed by atoms with E-state index in [-0.39, 0.29) is 24.8 Å². The Hall–Kier alpha value is -1.63. The molecule has 0 atom stereocenters. The van der Waals surface area contributed by atoms with Crippen LogP contribution in [0.4, 0.5) is 0 Å². The molecule has 2 rings (SSSR count). The fraction of sp³-hybridized carbons (Fsp3) is 0.353. The number of hydrogen-bond donors (Lipinski definition) is 2. The first-order chi connectivity index (χ1) is 11.0. The van der Waals surface area contributed by atoms with E-state index in [2.05, 4.69) is 4.98 Å². The molecule has 0 saturated carbocycles. The Morgan fingerprint density at radius 1 is 1.04 bits per heavy atom. The normalized spacial score (nSPS) is 9.84. The number of primary amides is 2. The summed E-state index contributed by atoms with van der Waals surface area (Å²) in [6, 6.07) is 1.77. The van der Waals surface area contributed by atoms with Crippen LogP contribution in [0.1, 0.15) is 58.5 Å². The van der Waals surface area contributed by atoms with Crippen LogP contribution in [-0.4, -0.2) is 16.8 Å². The number of hydrogen-bond acceptors (Lipinski definition) is 4. The highest BCUT2D eigenvalue weighted by Gasteiger charge is 2.24. The van der Waals surface area contributed by atoms with Crippen LogP contribution in [0, 0.1) is 0 Å². The number of rotatable bonds is 7. The van der Waals surface area contributed by atoms with Gasteiger partial charge in [0.25, 0.3) is 0 Å². The number of carbonyl (C=O) groups is 2. The molecule has 0 spiro atoms. The molecule has 0 unspecified atom stereocenters. The smallest absolute Gasteiger partial charge is 0.249 e. The Morgan fingerprint density at radius 3 is 2.08 bits per heavy atom. The van der Waals surface area contributed by atoms with Gasteiger partial charge in [0.2, 0.25) is 11.8 Å². The van der Waals surface area contributed by atoms with Crippen LogP contribution in [0.15, 0.2) is 17.6 Å². The number of aromatic nitrogens is 1. The van der Waals surface area contributed by atoms with Gasteiger partial charge in [0.15, 0.2) is 0 Å². The first-order valence-corrected chi connectivity index (χ1v) is 8.57. The lowest BCUT2D eigenvalue weighted by atomic mass is 9.86. The van der Waals surface area contributed by atoms with E-state index in [1.807, 2.05) is 19.2 Å². The minimum atomic E-state index is -0.545. The highest BCUT2D eigenvalue weighted by atomic mass is 35.5. The van der Waals surface area contributed by atoms with E-state index in [1.54, 1.807) is 12.3 Å². The van der Waals surface area contributed by atoms with Gasteiger partial charge in [-0.3, -0.25) is 9.59 Å². The van der Waals surface area contributed by atoms with Crippen LogP contribution in [0.25, 0.3) is 10.6 Å². The van der Waals surface area contributed by atoms with E-state index in [0.717, 1.165) is 29.0 Å². The first-order valence-electron chi connectivity index (χ1n) is 7.69. The first kappa shape index (κ1) is 23.4. The Bertz CT molecular complexity index is 734. The van der Waals surface area contributed by atoms with Crippen molar-refractivity contribution in [2.24, 2.45) is 11.5 Å². The Kier molecular flexibility index (Phi) is 9.70. The van der Waals surface area contributed by atoms with E-state index in [9.17, 15) is 9.59 Å². The van der Waals surface area contributed by atoms with Crippen LogP contribution in [0.2, 0.25) is 0 Å². The number of carbonyl (C=O) groups excluding carboxylic acids is 2. The molecular formula is C17H23Cl2N3O2S. The van der Waals surface area contributed by atoms with E-state index < -0.39 is 11.8 Å². The molecule has 1 heterocycles. The molecule has 1 aromatic carbocycles. The molecule has 0 aliphatic rings. The molecule has 0 fully saturated rings. The monoisotopic (exact) mass is 403 g/mol.